The summed E-state index contributed by atoms with van der Waals surface area (Å²) in [4.78, 5) is 0. The van der Waals surface area contributed by atoms with Crippen molar-refractivity contribution in [3.05, 3.63) is 0 Å². The average molecular weight is 189 g/mol. The van der Waals surface area contributed by atoms with Gasteiger partial charge in [-0.1, -0.05) is 6.92 Å². The van der Waals surface area contributed by atoms with Crippen LogP contribution < -0.4 is 0 Å². The minimum atomic E-state index is 0.426. The van der Waals surface area contributed by atoms with E-state index in [1.807, 2.05) is 0 Å². The Balaban J connectivity index is 1.95. The van der Waals surface area contributed by atoms with Gasteiger partial charge in [-0.25, -0.2) is 0 Å². The first-order valence-corrected chi connectivity index (χ1v) is 5.44. The molecule has 1 heterocycles. The van der Waals surface area contributed by atoms with Crippen molar-refractivity contribution in [1.82, 2.24) is 0 Å². The molecule has 0 aromatic heterocycles. The second kappa shape index (κ2) is 3.55. The molecule has 1 saturated carbocycles. The van der Waals surface area contributed by atoms with E-state index in [1.165, 1.54) is 19.3 Å². The molecular weight excluding hydrogens is 172 g/mol. The highest BCUT2D eigenvalue weighted by molar-refractivity contribution is 6.20. The molecule has 0 aromatic carbocycles. The molecule has 2 fully saturated rings. The van der Waals surface area contributed by atoms with Crippen LogP contribution in [0.25, 0.3) is 0 Å². The fraction of sp³-hybridized carbons (Fsp3) is 1.00. The van der Waals surface area contributed by atoms with Gasteiger partial charge in [0.25, 0.3) is 0 Å². The molecule has 1 aliphatic carbocycles. The van der Waals surface area contributed by atoms with E-state index in [0.29, 0.717) is 11.3 Å². The maximum atomic E-state index is 6.20. The van der Waals surface area contributed by atoms with Crippen LogP contribution in [0.3, 0.4) is 0 Å². The van der Waals surface area contributed by atoms with Crippen LogP contribution in [0.5, 0.6) is 0 Å². The van der Waals surface area contributed by atoms with E-state index in [-0.39, 0.29) is 0 Å². The quantitative estimate of drug-likeness (QED) is 0.575. The maximum absolute atomic E-state index is 6.20. The summed E-state index contributed by atoms with van der Waals surface area (Å²) in [5, 5.41) is 0.426. The molecule has 2 rings (SSSR count). The third-order valence-electron chi connectivity index (χ3n) is 3.59. The lowest BCUT2D eigenvalue weighted by molar-refractivity contribution is 0.164. The molecule has 1 nitrogen and oxygen atoms in total. The van der Waals surface area contributed by atoms with Gasteiger partial charge < -0.3 is 4.74 Å². The van der Waals surface area contributed by atoms with Crippen LogP contribution in [0.2, 0.25) is 0 Å². The van der Waals surface area contributed by atoms with E-state index in [4.69, 9.17) is 16.3 Å². The predicted molar refractivity (Wildman–Crippen MR) is 50.5 cm³/mol. The lowest BCUT2D eigenvalue weighted by Gasteiger charge is -2.22. The van der Waals surface area contributed by atoms with Gasteiger partial charge in [0, 0.05) is 18.6 Å². The SMILES string of the molecule is CC1C(Cl)CCC1C1CCOC1. The lowest BCUT2D eigenvalue weighted by Crippen LogP contribution is -2.20. The Labute approximate surface area is 79.4 Å². The zero-order valence-corrected chi connectivity index (χ0v) is 8.39. The van der Waals surface area contributed by atoms with Crippen molar-refractivity contribution in [3.8, 4) is 0 Å². The molecule has 4 unspecified atom stereocenters. The van der Waals surface area contributed by atoms with Crippen LogP contribution in [0, 0.1) is 17.8 Å². The molecule has 0 N–H and O–H groups in total. The number of ether oxygens (including phenoxy) is 1. The van der Waals surface area contributed by atoms with Crippen molar-refractivity contribution < 1.29 is 4.74 Å². The summed E-state index contributed by atoms with van der Waals surface area (Å²) in [5.74, 6) is 2.36. The Morgan fingerprint density at radius 2 is 2.08 bits per heavy atom. The second-order valence-electron chi connectivity index (χ2n) is 4.24. The number of halogens is 1. The Hall–Kier alpha value is 0.250. The molecule has 1 saturated heterocycles. The maximum Gasteiger partial charge on any atom is 0.0497 e. The van der Waals surface area contributed by atoms with Crippen molar-refractivity contribution in [2.45, 2.75) is 31.6 Å². The summed E-state index contributed by atoms with van der Waals surface area (Å²) >= 11 is 6.20. The topological polar surface area (TPSA) is 9.23 Å². The highest BCUT2D eigenvalue weighted by Crippen LogP contribution is 2.42. The first kappa shape index (κ1) is 8.83. The average Bonchev–Trinajstić information content (AvgIpc) is 2.64. The Morgan fingerprint density at radius 1 is 1.25 bits per heavy atom. The van der Waals surface area contributed by atoms with Gasteiger partial charge in [-0.05, 0) is 37.0 Å². The van der Waals surface area contributed by atoms with Crippen LogP contribution in [0.4, 0.5) is 0 Å². The van der Waals surface area contributed by atoms with Gasteiger partial charge in [0.05, 0.1) is 0 Å². The molecule has 12 heavy (non-hydrogen) atoms. The normalized spacial score (nSPS) is 48.5. The monoisotopic (exact) mass is 188 g/mol. The lowest BCUT2D eigenvalue weighted by atomic mass is 9.84. The van der Waals surface area contributed by atoms with Gasteiger partial charge >= 0.3 is 0 Å². The predicted octanol–water partition coefficient (Wildman–Crippen LogP) is 2.68. The van der Waals surface area contributed by atoms with E-state index in [2.05, 4.69) is 6.92 Å². The molecule has 0 spiro atoms. The Morgan fingerprint density at radius 3 is 2.58 bits per heavy atom. The van der Waals surface area contributed by atoms with Crippen LogP contribution in [-0.2, 0) is 4.74 Å². The van der Waals surface area contributed by atoms with Crippen molar-refractivity contribution in [3.63, 3.8) is 0 Å². The van der Waals surface area contributed by atoms with E-state index in [1.54, 1.807) is 0 Å². The molecule has 0 bridgehead atoms. The summed E-state index contributed by atoms with van der Waals surface area (Å²) < 4.78 is 5.41. The minimum Gasteiger partial charge on any atom is -0.381 e. The summed E-state index contributed by atoms with van der Waals surface area (Å²) in [6, 6.07) is 0. The largest absolute Gasteiger partial charge is 0.381 e. The molecule has 1 aliphatic heterocycles. The first-order chi connectivity index (χ1) is 5.79. The highest BCUT2D eigenvalue weighted by Gasteiger charge is 2.37. The van der Waals surface area contributed by atoms with E-state index in [0.717, 1.165) is 25.0 Å². The molecule has 2 aliphatic rings. The van der Waals surface area contributed by atoms with Crippen molar-refractivity contribution in [2.75, 3.05) is 13.2 Å². The summed E-state index contributed by atoms with van der Waals surface area (Å²) in [6.07, 6.45) is 3.80. The fourth-order valence-corrected chi connectivity index (χ4v) is 3.01. The molecule has 0 aromatic rings. The fourth-order valence-electron chi connectivity index (χ4n) is 2.70. The number of hydrogen-bond donors (Lipinski definition) is 0. The van der Waals surface area contributed by atoms with Gasteiger partial charge in [-0.15, -0.1) is 11.6 Å². The molecule has 70 valence electrons. The zero-order chi connectivity index (χ0) is 8.55. The number of rotatable bonds is 1. The van der Waals surface area contributed by atoms with E-state index in [9.17, 15) is 0 Å². The number of hydrogen-bond acceptors (Lipinski definition) is 1. The molecule has 0 amide bonds. The minimum absolute atomic E-state index is 0.426. The van der Waals surface area contributed by atoms with Gasteiger partial charge in [-0.3, -0.25) is 0 Å². The van der Waals surface area contributed by atoms with Crippen LogP contribution >= 0.6 is 11.6 Å². The molecule has 2 heteroatoms. The zero-order valence-electron chi connectivity index (χ0n) is 7.63. The summed E-state index contributed by atoms with van der Waals surface area (Å²) in [7, 11) is 0. The van der Waals surface area contributed by atoms with Crippen LogP contribution in [0.1, 0.15) is 26.2 Å². The van der Waals surface area contributed by atoms with Crippen molar-refractivity contribution in [1.29, 1.82) is 0 Å². The van der Waals surface area contributed by atoms with Gasteiger partial charge in [0.1, 0.15) is 0 Å². The smallest absolute Gasteiger partial charge is 0.0497 e. The molecule has 0 radical (unpaired) electrons. The van der Waals surface area contributed by atoms with Crippen LogP contribution in [-0.4, -0.2) is 18.6 Å². The molecular formula is C10H17ClO. The van der Waals surface area contributed by atoms with Gasteiger partial charge in [0.2, 0.25) is 0 Å². The third kappa shape index (κ3) is 1.49. The van der Waals surface area contributed by atoms with Crippen molar-refractivity contribution >= 4 is 11.6 Å². The Kier molecular flexibility index (Phi) is 2.61. The highest BCUT2D eigenvalue weighted by atomic mass is 35.5. The molecule has 4 atom stereocenters. The van der Waals surface area contributed by atoms with E-state index < -0.39 is 0 Å². The third-order valence-corrected chi connectivity index (χ3v) is 4.21. The number of alkyl halides is 1. The summed E-state index contributed by atoms with van der Waals surface area (Å²) in [5.41, 5.74) is 0. The van der Waals surface area contributed by atoms with Crippen molar-refractivity contribution in [2.24, 2.45) is 17.8 Å². The van der Waals surface area contributed by atoms with Gasteiger partial charge in [0.15, 0.2) is 0 Å². The second-order valence-corrected chi connectivity index (χ2v) is 4.80. The Bertz CT molecular complexity index is 154. The first-order valence-electron chi connectivity index (χ1n) is 5.01. The summed E-state index contributed by atoms with van der Waals surface area (Å²) in [6.45, 7) is 4.26. The van der Waals surface area contributed by atoms with E-state index >= 15 is 0 Å². The van der Waals surface area contributed by atoms with Gasteiger partial charge in [-0.2, -0.15) is 0 Å². The van der Waals surface area contributed by atoms with Crippen LogP contribution in [0.15, 0.2) is 0 Å². The standard InChI is InChI=1S/C10H17ClO/c1-7-9(2-3-10(7)11)8-4-5-12-6-8/h7-10H,2-6H2,1H3.